The lowest BCUT2D eigenvalue weighted by atomic mass is 10.0. The third-order valence-corrected chi connectivity index (χ3v) is 3.51. The molecule has 0 bridgehead atoms. The molecule has 0 atom stereocenters. The van der Waals surface area contributed by atoms with Gasteiger partial charge in [0.2, 0.25) is 0 Å². The van der Waals surface area contributed by atoms with Gasteiger partial charge in [-0.3, -0.25) is 4.90 Å². The number of aryl methyl sites for hydroxylation is 1. The molecule has 0 radical (unpaired) electrons. The second kappa shape index (κ2) is 3.95. The van der Waals surface area contributed by atoms with Gasteiger partial charge in [0.05, 0.1) is 0 Å². The van der Waals surface area contributed by atoms with Crippen molar-refractivity contribution >= 4 is 0 Å². The first kappa shape index (κ1) is 10.7. The van der Waals surface area contributed by atoms with Gasteiger partial charge in [0.15, 0.2) is 0 Å². The largest absolute Gasteiger partial charge is 0.329 e. The highest BCUT2D eigenvalue weighted by Gasteiger charge is 2.47. The Hall–Kier alpha value is -0.860. The summed E-state index contributed by atoms with van der Waals surface area (Å²) in [5, 5.41) is 0. The molecular weight excluding hydrogens is 184 g/mol. The number of nitrogens with zero attached hydrogens (tertiary/aromatic N) is 1. The Labute approximate surface area is 92.1 Å². The van der Waals surface area contributed by atoms with E-state index in [9.17, 15) is 0 Å². The van der Waals surface area contributed by atoms with Gasteiger partial charge in [-0.25, -0.2) is 0 Å². The number of rotatable bonds is 4. The summed E-state index contributed by atoms with van der Waals surface area (Å²) in [5.41, 5.74) is 8.69. The maximum Gasteiger partial charge on any atom is 0.0459 e. The fourth-order valence-corrected chi connectivity index (χ4v) is 2.28. The van der Waals surface area contributed by atoms with Crippen LogP contribution in [0.5, 0.6) is 0 Å². The maximum absolute atomic E-state index is 5.61. The van der Waals surface area contributed by atoms with Crippen LogP contribution in [0.25, 0.3) is 0 Å². The van der Waals surface area contributed by atoms with Crippen molar-refractivity contribution in [3.05, 3.63) is 35.4 Å². The van der Waals surface area contributed by atoms with Crippen LogP contribution in [0, 0.1) is 6.92 Å². The maximum atomic E-state index is 5.61. The zero-order chi connectivity index (χ0) is 10.9. The van der Waals surface area contributed by atoms with E-state index in [4.69, 9.17) is 5.73 Å². The van der Waals surface area contributed by atoms with E-state index in [0.717, 1.165) is 13.1 Å². The Morgan fingerprint density at radius 1 is 1.27 bits per heavy atom. The van der Waals surface area contributed by atoms with Gasteiger partial charge in [-0.2, -0.15) is 0 Å². The number of likely N-dealkylation sites (N-methyl/N-ethyl adjacent to an activating group) is 1. The standard InChI is InChI=1S/C13H20N2/c1-11-3-5-12(6-4-11)13(7-8-13)15(2)10-9-14/h3-6H,7-10,14H2,1-2H3. The molecule has 1 aliphatic carbocycles. The smallest absolute Gasteiger partial charge is 0.0459 e. The molecule has 0 heterocycles. The number of hydrogen-bond donors (Lipinski definition) is 1. The van der Waals surface area contributed by atoms with Crippen molar-refractivity contribution in [1.82, 2.24) is 4.90 Å². The molecule has 2 N–H and O–H groups in total. The van der Waals surface area contributed by atoms with Gasteiger partial charge in [0.1, 0.15) is 0 Å². The fourth-order valence-electron chi connectivity index (χ4n) is 2.28. The molecule has 2 heteroatoms. The summed E-state index contributed by atoms with van der Waals surface area (Å²) < 4.78 is 0. The predicted molar refractivity (Wildman–Crippen MR) is 63.8 cm³/mol. The van der Waals surface area contributed by atoms with E-state index < -0.39 is 0 Å². The van der Waals surface area contributed by atoms with Crippen LogP contribution in [0.4, 0.5) is 0 Å². The van der Waals surface area contributed by atoms with Gasteiger partial charge in [0.25, 0.3) is 0 Å². The molecule has 82 valence electrons. The molecule has 1 aromatic rings. The second-order valence-electron chi connectivity index (χ2n) is 4.61. The minimum atomic E-state index is 0.299. The zero-order valence-corrected chi connectivity index (χ0v) is 9.66. The molecule has 0 spiro atoms. The summed E-state index contributed by atoms with van der Waals surface area (Å²) in [5.74, 6) is 0. The third-order valence-electron chi connectivity index (χ3n) is 3.51. The number of hydrogen-bond acceptors (Lipinski definition) is 2. The van der Waals surface area contributed by atoms with Crippen LogP contribution in [0.3, 0.4) is 0 Å². The van der Waals surface area contributed by atoms with Crippen molar-refractivity contribution in [2.24, 2.45) is 5.73 Å². The van der Waals surface area contributed by atoms with Crippen molar-refractivity contribution in [3.63, 3.8) is 0 Å². The highest BCUT2D eigenvalue weighted by atomic mass is 15.2. The highest BCUT2D eigenvalue weighted by Crippen LogP contribution is 2.50. The van der Waals surface area contributed by atoms with Crippen LogP contribution in [0.2, 0.25) is 0 Å². The first-order chi connectivity index (χ1) is 7.19. The van der Waals surface area contributed by atoms with E-state index in [2.05, 4.69) is 43.1 Å². The van der Waals surface area contributed by atoms with Crippen molar-refractivity contribution in [2.75, 3.05) is 20.1 Å². The Morgan fingerprint density at radius 2 is 1.87 bits per heavy atom. The molecule has 0 unspecified atom stereocenters. The fraction of sp³-hybridized carbons (Fsp3) is 0.538. The van der Waals surface area contributed by atoms with Crippen molar-refractivity contribution in [2.45, 2.75) is 25.3 Å². The summed E-state index contributed by atoms with van der Waals surface area (Å²) in [4.78, 5) is 2.40. The normalized spacial score (nSPS) is 18.1. The summed E-state index contributed by atoms with van der Waals surface area (Å²) in [6, 6.07) is 8.92. The van der Waals surface area contributed by atoms with Crippen molar-refractivity contribution < 1.29 is 0 Å². The van der Waals surface area contributed by atoms with Gasteiger partial charge < -0.3 is 5.73 Å². The minimum absolute atomic E-state index is 0.299. The van der Waals surface area contributed by atoms with Crippen LogP contribution < -0.4 is 5.73 Å². The number of benzene rings is 1. The average Bonchev–Trinajstić information content (AvgIpc) is 3.00. The zero-order valence-electron chi connectivity index (χ0n) is 9.66. The van der Waals surface area contributed by atoms with E-state index in [1.165, 1.54) is 24.0 Å². The first-order valence-corrected chi connectivity index (χ1v) is 5.67. The third kappa shape index (κ3) is 1.92. The summed E-state index contributed by atoms with van der Waals surface area (Å²) in [6.45, 7) is 3.85. The molecule has 0 aromatic heterocycles. The Morgan fingerprint density at radius 3 is 2.33 bits per heavy atom. The SMILES string of the molecule is Cc1ccc(C2(N(C)CCN)CC2)cc1. The molecule has 0 aliphatic heterocycles. The summed E-state index contributed by atoms with van der Waals surface area (Å²) >= 11 is 0. The molecule has 1 aliphatic rings. The van der Waals surface area contributed by atoms with E-state index in [0.29, 0.717) is 5.54 Å². The molecule has 1 aromatic carbocycles. The Kier molecular flexibility index (Phi) is 2.81. The van der Waals surface area contributed by atoms with Crippen LogP contribution in [0.1, 0.15) is 24.0 Å². The lowest BCUT2D eigenvalue weighted by molar-refractivity contribution is 0.229. The monoisotopic (exact) mass is 204 g/mol. The van der Waals surface area contributed by atoms with E-state index in [1.807, 2.05) is 0 Å². The Balaban J connectivity index is 2.19. The van der Waals surface area contributed by atoms with Crippen LogP contribution >= 0.6 is 0 Å². The summed E-state index contributed by atoms with van der Waals surface area (Å²) in [7, 11) is 2.18. The van der Waals surface area contributed by atoms with Gasteiger partial charge in [0, 0.05) is 18.6 Å². The summed E-state index contributed by atoms with van der Waals surface area (Å²) in [6.07, 6.45) is 2.54. The van der Waals surface area contributed by atoms with E-state index in [1.54, 1.807) is 0 Å². The molecule has 1 fully saturated rings. The van der Waals surface area contributed by atoms with Crippen molar-refractivity contribution in [1.29, 1.82) is 0 Å². The topological polar surface area (TPSA) is 29.3 Å². The van der Waals surface area contributed by atoms with Gasteiger partial charge in [-0.05, 0) is 32.4 Å². The van der Waals surface area contributed by atoms with Crippen LogP contribution in [0.15, 0.2) is 24.3 Å². The molecule has 2 nitrogen and oxygen atoms in total. The van der Waals surface area contributed by atoms with E-state index in [-0.39, 0.29) is 0 Å². The first-order valence-electron chi connectivity index (χ1n) is 5.67. The Bertz CT molecular complexity index is 325. The molecule has 2 rings (SSSR count). The lowest BCUT2D eigenvalue weighted by Crippen LogP contribution is -2.35. The molecule has 0 saturated heterocycles. The van der Waals surface area contributed by atoms with Gasteiger partial charge in [-0.15, -0.1) is 0 Å². The van der Waals surface area contributed by atoms with E-state index >= 15 is 0 Å². The van der Waals surface area contributed by atoms with Gasteiger partial charge in [-0.1, -0.05) is 29.8 Å². The predicted octanol–water partition coefficient (Wildman–Crippen LogP) is 1.87. The van der Waals surface area contributed by atoms with Gasteiger partial charge >= 0.3 is 0 Å². The van der Waals surface area contributed by atoms with Crippen LogP contribution in [-0.4, -0.2) is 25.0 Å². The highest BCUT2D eigenvalue weighted by molar-refractivity contribution is 5.32. The number of nitrogens with two attached hydrogens (primary N) is 1. The van der Waals surface area contributed by atoms with Crippen molar-refractivity contribution in [3.8, 4) is 0 Å². The molecule has 15 heavy (non-hydrogen) atoms. The molecular formula is C13H20N2. The second-order valence-corrected chi connectivity index (χ2v) is 4.61. The average molecular weight is 204 g/mol. The lowest BCUT2D eigenvalue weighted by Gasteiger charge is -2.28. The quantitative estimate of drug-likeness (QED) is 0.811. The van der Waals surface area contributed by atoms with Crippen LogP contribution in [-0.2, 0) is 5.54 Å². The minimum Gasteiger partial charge on any atom is -0.329 e. The molecule has 0 amide bonds. The molecule has 1 saturated carbocycles.